The summed E-state index contributed by atoms with van der Waals surface area (Å²) in [6.45, 7) is 12.8. The van der Waals surface area contributed by atoms with E-state index in [0.29, 0.717) is 18.3 Å². The van der Waals surface area contributed by atoms with Gasteiger partial charge in [-0.05, 0) is 56.3 Å². The van der Waals surface area contributed by atoms with Gasteiger partial charge in [0.25, 0.3) is 0 Å². The van der Waals surface area contributed by atoms with Crippen LogP contribution in [-0.2, 0) is 0 Å². The topological polar surface area (TPSA) is 40.5 Å². The average molecular weight is 306 g/mol. The maximum absolute atomic E-state index is 11.7. The van der Waals surface area contributed by atoms with Gasteiger partial charge in [-0.2, -0.15) is 0 Å². The van der Waals surface area contributed by atoms with Crippen LogP contribution < -0.4 is 0 Å². The van der Waals surface area contributed by atoms with Crippen molar-refractivity contribution in [3.63, 3.8) is 0 Å². The van der Waals surface area contributed by atoms with Crippen molar-refractivity contribution < 1.29 is 10.2 Å². The fourth-order valence-electron chi connectivity index (χ4n) is 5.40. The van der Waals surface area contributed by atoms with E-state index in [1.165, 1.54) is 0 Å². The first-order valence-electron chi connectivity index (χ1n) is 8.86. The molecule has 0 aromatic heterocycles. The average Bonchev–Trinajstić information content (AvgIpc) is 2.50. The molecule has 2 aliphatic rings. The molecule has 2 aliphatic carbocycles. The molecule has 0 amide bonds. The maximum Gasteiger partial charge on any atom is 0.0763 e. The number of hydrogen-bond donors (Lipinski definition) is 2. The first kappa shape index (κ1) is 17.7. The van der Waals surface area contributed by atoms with Crippen LogP contribution in [0.3, 0.4) is 0 Å². The Morgan fingerprint density at radius 2 is 1.95 bits per heavy atom. The number of allylic oxidation sites excluding steroid dienone is 2. The van der Waals surface area contributed by atoms with Crippen LogP contribution in [0.25, 0.3) is 0 Å². The van der Waals surface area contributed by atoms with E-state index < -0.39 is 5.60 Å². The third kappa shape index (κ3) is 2.59. The molecule has 2 saturated carbocycles. The molecule has 126 valence electrons. The predicted molar refractivity (Wildman–Crippen MR) is 92.6 cm³/mol. The van der Waals surface area contributed by atoms with E-state index in [0.717, 1.165) is 37.7 Å². The third-order valence-corrected chi connectivity index (χ3v) is 7.17. The van der Waals surface area contributed by atoms with Gasteiger partial charge >= 0.3 is 0 Å². The van der Waals surface area contributed by atoms with Crippen molar-refractivity contribution in [1.29, 1.82) is 0 Å². The molecule has 22 heavy (non-hydrogen) atoms. The molecule has 0 unspecified atom stereocenters. The summed E-state index contributed by atoms with van der Waals surface area (Å²) < 4.78 is 0. The SMILES string of the molecule is C=C/C(C)=C/C[C@]1(O)[C@H](C)CC[C@@H]2[C@@](C)(CO)CCC[C@]21C. The molecule has 0 saturated heterocycles. The van der Waals surface area contributed by atoms with Gasteiger partial charge in [-0.1, -0.05) is 51.5 Å². The molecule has 2 rings (SSSR count). The zero-order valence-corrected chi connectivity index (χ0v) is 14.9. The zero-order chi connectivity index (χ0) is 16.6. The lowest BCUT2D eigenvalue weighted by molar-refractivity contribution is -0.215. The van der Waals surface area contributed by atoms with Gasteiger partial charge in [0, 0.05) is 12.0 Å². The summed E-state index contributed by atoms with van der Waals surface area (Å²) in [5, 5.41) is 21.7. The largest absolute Gasteiger partial charge is 0.396 e. The van der Waals surface area contributed by atoms with E-state index in [-0.39, 0.29) is 17.4 Å². The van der Waals surface area contributed by atoms with E-state index in [1.54, 1.807) is 0 Å². The standard InChI is InChI=1S/C20H34O2/c1-6-15(2)10-13-20(22)16(3)8-9-17-18(4,14-21)11-7-12-19(17,20)5/h6,10,16-17,21-22H,1,7-9,11-14H2,2-5H3/b15-10+/t16-,17-,18-,19-,20+/m1/s1. The highest BCUT2D eigenvalue weighted by Gasteiger charge is 2.61. The summed E-state index contributed by atoms with van der Waals surface area (Å²) in [5.74, 6) is 0.695. The normalized spacial score (nSPS) is 46.2. The summed E-state index contributed by atoms with van der Waals surface area (Å²) in [5.41, 5.74) is 0.292. The lowest BCUT2D eigenvalue weighted by atomic mass is 9.44. The van der Waals surface area contributed by atoms with Gasteiger partial charge in [-0.25, -0.2) is 0 Å². The van der Waals surface area contributed by atoms with Crippen molar-refractivity contribution in [3.8, 4) is 0 Å². The van der Waals surface area contributed by atoms with Crippen LogP contribution >= 0.6 is 0 Å². The van der Waals surface area contributed by atoms with Crippen LogP contribution in [0.2, 0.25) is 0 Å². The lowest BCUT2D eigenvalue weighted by Crippen LogP contribution is -2.63. The number of hydrogen-bond acceptors (Lipinski definition) is 2. The summed E-state index contributed by atoms with van der Waals surface area (Å²) in [4.78, 5) is 0. The molecule has 2 fully saturated rings. The smallest absolute Gasteiger partial charge is 0.0763 e. The quantitative estimate of drug-likeness (QED) is 0.752. The van der Waals surface area contributed by atoms with E-state index >= 15 is 0 Å². The van der Waals surface area contributed by atoms with E-state index in [4.69, 9.17) is 0 Å². The molecule has 0 aliphatic heterocycles. The van der Waals surface area contributed by atoms with Crippen molar-refractivity contribution >= 4 is 0 Å². The van der Waals surface area contributed by atoms with Crippen LogP contribution in [0.15, 0.2) is 24.3 Å². The molecule has 2 N–H and O–H groups in total. The lowest BCUT2D eigenvalue weighted by Gasteiger charge is -2.63. The molecule has 0 heterocycles. The van der Waals surface area contributed by atoms with Gasteiger partial charge in [0.15, 0.2) is 0 Å². The van der Waals surface area contributed by atoms with Crippen molar-refractivity contribution in [2.24, 2.45) is 22.7 Å². The van der Waals surface area contributed by atoms with Crippen molar-refractivity contribution in [2.45, 2.75) is 71.8 Å². The Morgan fingerprint density at radius 1 is 1.27 bits per heavy atom. The molecule has 2 heteroatoms. The van der Waals surface area contributed by atoms with Crippen LogP contribution in [0.5, 0.6) is 0 Å². The monoisotopic (exact) mass is 306 g/mol. The Balaban J connectivity index is 2.41. The van der Waals surface area contributed by atoms with Crippen LogP contribution in [0.1, 0.15) is 66.2 Å². The van der Waals surface area contributed by atoms with Crippen molar-refractivity contribution in [3.05, 3.63) is 24.3 Å². The van der Waals surface area contributed by atoms with Crippen LogP contribution in [-0.4, -0.2) is 22.4 Å². The molecule has 0 bridgehead atoms. The minimum absolute atomic E-state index is 0.0433. The Bertz CT molecular complexity index is 455. The summed E-state index contributed by atoms with van der Waals surface area (Å²) in [6, 6.07) is 0. The van der Waals surface area contributed by atoms with E-state index in [1.807, 2.05) is 13.0 Å². The molecule has 0 radical (unpaired) electrons. The van der Waals surface area contributed by atoms with Gasteiger partial charge in [0.1, 0.15) is 0 Å². The number of fused-ring (bicyclic) bond motifs is 1. The number of aliphatic hydroxyl groups is 2. The van der Waals surface area contributed by atoms with Gasteiger partial charge in [-0.3, -0.25) is 0 Å². The molecule has 2 nitrogen and oxygen atoms in total. The second-order valence-corrected chi connectivity index (χ2v) is 8.39. The predicted octanol–water partition coefficient (Wildman–Crippen LogP) is 4.47. The first-order chi connectivity index (χ1) is 10.2. The molecule has 0 aromatic carbocycles. The fourth-order valence-corrected chi connectivity index (χ4v) is 5.40. The molecule has 0 aromatic rings. The van der Waals surface area contributed by atoms with Crippen molar-refractivity contribution in [2.75, 3.05) is 6.61 Å². The van der Waals surface area contributed by atoms with E-state index in [9.17, 15) is 10.2 Å². The maximum atomic E-state index is 11.7. The second kappa shape index (κ2) is 6.13. The van der Waals surface area contributed by atoms with E-state index in [2.05, 4.69) is 33.4 Å². The van der Waals surface area contributed by atoms with Gasteiger partial charge < -0.3 is 10.2 Å². The molecule has 0 spiro atoms. The Kier molecular flexibility index (Phi) is 4.94. The summed E-state index contributed by atoms with van der Waals surface area (Å²) in [6.07, 6.45) is 10.1. The third-order valence-electron chi connectivity index (χ3n) is 7.17. The summed E-state index contributed by atoms with van der Waals surface area (Å²) >= 11 is 0. The molecular weight excluding hydrogens is 272 g/mol. The highest BCUT2D eigenvalue weighted by atomic mass is 16.3. The minimum Gasteiger partial charge on any atom is -0.396 e. The highest BCUT2D eigenvalue weighted by molar-refractivity contribution is 5.18. The molecule has 5 atom stereocenters. The first-order valence-corrected chi connectivity index (χ1v) is 8.86. The minimum atomic E-state index is -0.683. The molecular formula is C20H34O2. The van der Waals surface area contributed by atoms with Gasteiger partial charge in [0.2, 0.25) is 0 Å². The van der Waals surface area contributed by atoms with Crippen molar-refractivity contribution in [1.82, 2.24) is 0 Å². The van der Waals surface area contributed by atoms with Gasteiger partial charge in [0.05, 0.1) is 5.60 Å². The fraction of sp³-hybridized carbons (Fsp3) is 0.800. The van der Waals surface area contributed by atoms with Crippen LogP contribution in [0.4, 0.5) is 0 Å². The number of rotatable bonds is 4. The number of aliphatic hydroxyl groups excluding tert-OH is 1. The Labute approximate surface area is 136 Å². The second-order valence-electron chi connectivity index (χ2n) is 8.39. The highest BCUT2D eigenvalue weighted by Crippen LogP contribution is 2.63. The Hall–Kier alpha value is -0.600. The summed E-state index contributed by atoms with van der Waals surface area (Å²) in [7, 11) is 0. The zero-order valence-electron chi connectivity index (χ0n) is 14.9. The Morgan fingerprint density at radius 3 is 2.55 bits per heavy atom. The van der Waals surface area contributed by atoms with Crippen LogP contribution in [0, 0.1) is 22.7 Å². The van der Waals surface area contributed by atoms with Gasteiger partial charge in [-0.15, -0.1) is 0 Å².